The van der Waals surface area contributed by atoms with Crippen LogP contribution in [0, 0.1) is 11.7 Å². The topological polar surface area (TPSA) is 64.3 Å². The van der Waals surface area contributed by atoms with Crippen LogP contribution in [0.1, 0.15) is 26.2 Å². The summed E-state index contributed by atoms with van der Waals surface area (Å²) >= 11 is 0. The third-order valence-electron chi connectivity index (χ3n) is 3.34. The molecule has 1 aromatic carbocycles. The first-order valence-corrected chi connectivity index (χ1v) is 6.59. The molecule has 0 aromatic heterocycles. The van der Waals surface area contributed by atoms with Gasteiger partial charge in [0.05, 0.1) is 6.61 Å². The van der Waals surface area contributed by atoms with Gasteiger partial charge in [-0.05, 0) is 38.3 Å². The summed E-state index contributed by atoms with van der Waals surface area (Å²) in [6, 6.07) is 4.54. The fourth-order valence-electron chi connectivity index (χ4n) is 2.35. The molecule has 1 amide bonds. The number of hydrogen-bond donors (Lipinski definition) is 2. The zero-order valence-electron chi connectivity index (χ0n) is 11.4. The largest absolute Gasteiger partial charge is 0.491 e. The normalized spacial score (nSPS) is 21.1. The number of hydrogen-bond acceptors (Lipinski definition) is 3. The molecule has 20 heavy (non-hydrogen) atoms. The number of ether oxygens (including phenoxy) is 1. The molecule has 0 saturated heterocycles. The van der Waals surface area contributed by atoms with Crippen LogP contribution in [0.25, 0.3) is 0 Å². The molecule has 2 rings (SSSR count). The smallest absolute Gasteiger partial charge is 0.227 e. The highest BCUT2D eigenvalue weighted by molar-refractivity contribution is 5.92. The van der Waals surface area contributed by atoms with Gasteiger partial charge in [0.15, 0.2) is 11.6 Å². The van der Waals surface area contributed by atoms with E-state index >= 15 is 0 Å². The molecule has 1 aliphatic carbocycles. The minimum atomic E-state index is -0.470. The third-order valence-corrected chi connectivity index (χ3v) is 3.34. The predicted octanol–water partition coefficient (Wildman–Crippen LogP) is 2.71. The second kappa shape index (κ2) is 7.45. The van der Waals surface area contributed by atoms with Crippen molar-refractivity contribution in [3.8, 4) is 5.75 Å². The van der Waals surface area contributed by atoms with Crippen molar-refractivity contribution < 1.29 is 13.9 Å². The van der Waals surface area contributed by atoms with Gasteiger partial charge in [0, 0.05) is 23.7 Å². The Bertz CT molecular complexity index is 470. The zero-order chi connectivity index (χ0) is 13.8. The Kier molecular flexibility index (Phi) is 6.23. The van der Waals surface area contributed by atoms with E-state index in [-0.39, 0.29) is 36.0 Å². The van der Waals surface area contributed by atoms with Crippen LogP contribution in [0.4, 0.5) is 10.1 Å². The lowest BCUT2D eigenvalue weighted by Gasteiger charge is -2.12. The van der Waals surface area contributed by atoms with Gasteiger partial charge < -0.3 is 15.8 Å². The Labute approximate surface area is 124 Å². The number of carbonyl (C=O) groups is 1. The third kappa shape index (κ3) is 4.08. The monoisotopic (exact) mass is 302 g/mol. The van der Waals surface area contributed by atoms with Gasteiger partial charge in [-0.25, -0.2) is 4.39 Å². The lowest BCUT2D eigenvalue weighted by molar-refractivity contribution is -0.119. The van der Waals surface area contributed by atoms with Gasteiger partial charge >= 0.3 is 0 Å². The van der Waals surface area contributed by atoms with Crippen LogP contribution in [-0.4, -0.2) is 18.6 Å². The van der Waals surface area contributed by atoms with Gasteiger partial charge in [0.1, 0.15) is 0 Å². The summed E-state index contributed by atoms with van der Waals surface area (Å²) in [7, 11) is 0. The summed E-state index contributed by atoms with van der Waals surface area (Å²) in [5.74, 6) is -0.424. The van der Waals surface area contributed by atoms with E-state index < -0.39 is 5.82 Å². The van der Waals surface area contributed by atoms with E-state index in [0.717, 1.165) is 12.8 Å². The average Bonchev–Trinajstić information content (AvgIpc) is 2.80. The first kappa shape index (κ1) is 16.7. The Morgan fingerprint density at radius 1 is 1.50 bits per heavy atom. The van der Waals surface area contributed by atoms with Crippen molar-refractivity contribution in [2.75, 3.05) is 11.9 Å². The molecular formula is C14H20ClFN2O2. The molecule has 1 fully saturated rings. The minimum Gasteiger partial charge on any atom is -0.491 e. The van der Waals surface area contributed by atoms with E-state index in [4.69, 9.17) is 10.5 Å². The number of nitrogens with one attached hydrogen (secondary N) is 1. The molecule has 3 N–H and O–H groups in total. The van der Waals surface area contributed by atoms with Gasteiger partial charge in [0.25, 0.3) is 0 Å². The zero-order valence-corrected chi connectivity index (χ0v) is 12.2. The van der Waals surface area contributed by atoms with Crippen molar-refractivity contribution in [3.05, 3.63) is 24.0 Å². The maximum absolute atomic E-state index is 13.6. The van der Waals surface area contributed by atoms with Gasteiger partial charge in [0.2, 0.25) is 5.91 Å². The highest BCUT2D eigenvalue weighted by atomic mass is 35.5. The van der Waals surface area contributed by atoms with Crippen LogP contribution in [0.3, 0.4) is 0 Å². The van der Waals surface area contributed by atoms with Crippen molar-refractivity contribution in [1.82, 2.24) is 0 Å². The quantitative estimate of drug-likeness (QED) is 0.899. The number of rotatable bonds is 4. The number of carbonyl (C=O) groups excluding carboxylic acids is 1. The van der Waals surface area contributed by atoms with Gasteiger partial charge in [-0.2, -0.15) is 0 Å². The van der Waals surface area contributed by atoms with E-state index in [0.29, 0.717) is 18.7 Å². The first-order chi connectivity index (χ1) is 9.10. The summed E-state index contributed by atoms with van der Waals surface area (Å²) in [5, 5.41) is 2.72. The number of halogens is 2. The highest BCUT2D eigenvalue weighted by Gasteiger charge is 2.27. The number of benzene rings is 1. The molecule has 0 heterocycles. The summed E-state index contributed by atoms with van der Waals surface area (Å²) in [6.07, 6.45) is 2.37. The average molecular weight is 303 g/mol. The molecule has 2 atom stereocenters. The van der Waals surface area contributed by atoms with Crippen LogP contribution >= 0.6 is 12.4 Å². The van der Waals surface area contributed by atoms with E-state index in [2.05, 4.69) is 5.32 Å². The molecule has 0 radical (unpaired) electrons. The van der Waals surface area contributed by atoms with E-state index in [1.807, 2.05) is 0 Å². The SMILES string of the molecule is CCOc1ccc(NC(=O)C2CCC(N)C2)cc1F.Cl. The van der Waals surface area contributed by atoms with Crippen molar-refractivity contribution in [1.29, 1.82) is 0 Å². The first-order valence-electron chi connectivity index (χ1n) is 6.59. The maximum atomic E-state index is 13.6. The molecule has 0 aliphatic heterocycles. The van der Waals surface area contributed by atoms with E-state index in [1.165, 1.54) is 12.1 Å². The molecular weight excluding hydrogens is 283 g/mol. The predicted molar refractivity (Wildman–Crippen MR) is 78.8 cm³/mol. The Balaban J connectivity index is 0.00000200. The van der Waals surface area contributed by atoms with Gasteiger partial charge in [-0.3, -0.25) is 4.79 Å². The molecule has 0 bridgehead atoms. The highest BCUT2D eigenvalue weighted by Crippen LogP contribution is 2.26. The Morgan fingerprint density at radius 3 is 2.80 bits per heavy atom. The van der Waals surface area contributed by atoms with Crippen LogP contribution < -0.4 is 15.8 Å². The van der Waals surface area contributed by atoms with Crippen molar-refractivity contribution in [2.45, 2.75) is 32.2 Å². The van der Waals surface area contributed by atoms with Gasteiger partial charge in [-0.15, -0.1) is 12.4 Å². The Hall–Kier alpha value is -1.33. The summed E-state index contributed by atoms with van der Waals surface area (Å²) in [5.41, 5.74) is 6.23. The summed E-state index contributed by atoms with van der Waals surface area (Å²) < 4.78 is 18.7. The fourth-order valence-corrected chi connectivity index (χ4v) is 2.35. The molecule has 2 unspecified atom stereocenters. The molecule has 4 nitrogen and oxygen atoms in total. The maximum Gasteiger partial charge on any atom is 0.227 e. The second-order valence-electron chi connectivity index (χ2n) is 4.84. The van der Waals surface area contributed by atoms with Crippen LogP contribution in [0.15, 0.2) is 18.2 Å². The number of nitrogens with two attached hydrogens (primary N) is 1. The fraction of sp³-hybridized carbons (Fsp3) is 0.500. The molecule has 1 aliphatic rings. The summed E-state index contributed by atoms with van der Waals surface area (Å²) in [6.45, 7) is 2.20. The standard InChI is InChI=1S/C14H19FN2O2.ClH/c1-2-19-13-6-5-11(8-12(13)15)17-14(18)9-3-4-10(16)7-9;/h5-6,8-10H,2-4,7,16H2,1H3,(H,17,18);1H. The molecule has 112 valence electrons. The molecule has 1 aromatic rings. The van der Waals surface area contributed by atoms with Crippen molar-refractivity contribution in [2.24, 2.45) is 11.7 Å². The lowest BCUT2D eigenvalue weighted by Crippen LogP contribution is -2.23. The lowest BCUT2D eigenvalue weighted by atomic mass is 10.1. The van der Waals surface area contributed by atoms with Crippen LogP contribution in [0.5, 0.6) is 5.75 Å². The van der Waals surface area contributed by atoms with Crippen molar-refractivity contribution >= 4 is 24.0 Å². The number of anilines is 1. The molecule has 1 saturated carbocycles. The van der Waals surface area contributed by atoms with Crippen LogP contribution in [-0.2, 0) is 4.79 Å². The van der Waals surface area contributed by atoms with Crippen LogP contribution in [0.2, 0.25) is 0 Å². The number of amides is 1. The minimum absolute atomic E-state index is 0. The van der Waals surface area contributed by atoms with E-state index in [9.17, 15) is 9.18 Å². The van der Waals surface area contributed by atoms with Crippen molar-refractivity contribution in [3.63, 3.8) is 0 Å². The molecule has 0 spiro atoms. The molecule has 6 heteroatoms. The summed E-state index contributed by atoms with van der Waals surface area (Å²) in [4.78, 5) is 12.0. The van der Waals surface area contributed by atoms with Gasteiger partial charge in [-0.1, -0.05) is 0 Å². The second-order valence-corrected chi connectivity index (χ2v) is 4.84. The Morgan fingerprint density at radius 2 is 2.25 bits per heavy atom. The van der Waals surface area contributed by atoms with E-state index in [1.54, 1.807) is 13.0 Å².